The topological polar surface area (TPSA) is 167 Å². The first-order valence-electron chi connectivity index (χ1n) is 13.8. The first kappa shape index (κ1) is 35.6. The molecule has 0 aliphatic carbocycles. The van der Waals surface area contributed by atoms with E-state index in [-0.39, 0.29) is 46.7 Å². The number of aryl methyl sites for hydroxylation is 1. The second-order valence-electron chi connectivity index (χ2n) is 10.2. The summed E-state index contributed by atoms with van der Waals surface area (Å²) in [6, 6.07) is 12.4. The van der Waals surface area contributed by atoms with Crippen molar-refractivity contribution >= 4 is 22.1 Å². The number of aromatic nitrogens is 2. The number of sulfonamides is 1. The van der Waals surface area contributed by atoms with Crippen LogP contribution in [0.5, 0.6) is 0 Å². The summed E-state index contributed by atoms with van der Waals surface area (Å²) in [4.78, 5) is 27.9. The summed E-state index contributed by atoms with van der Waals surface area (Å²) in [6.07, 6.45) is -5.34. The minimum atomic E-state index is -4.71. The van der Waals surface area contributed by atoms with Gasteiger partial charge >= 0.3 is 18.2 Å². The highest BCUT2D eigenvalue weighted by Crippen LogP contribution is 2.33. The lowest BCUT2D eigenvalue weighted by atomic mass is 10.1. The van der Waals surface area contributed by atoms with Gasteiger partial charge in [0, 0.05) is 5.56 Å². The Kier molecular flexibility index (Phi) is 11.9. The standard InChI is InChI=1S/C28H33F3N6O8S/c1-19(2)26(38)44-18-45-34-37(40)35(4)15-5-6-16-43-27(39)33-46(41,42)23-13-11-22(12-14-23)36-24(17-25(32-36)28(29,30)31)21-9-7-20(3)8-10-21/h7-14,17,19H,5-6,15-16,18H2,1-4H3,(H,33,39). The van der Waals surface area contributed by atoms with Gasteiger partial charge in [-0.3, -0.25) is 4.79 Å². The quantitative estimate of drug-likeness (QED) is 0.0618. The second kappa shape index (κ2) is 15.4. The Morgan fingerprint density at radius 3 is 2.35 bits per heavy atom. The number of hydrogen-bond donors (Lipinski definition) is 1. The van der Waals surface area contributed by atoms with Crippen molar-refractivity contribution in [2.75, 3.05) is 27.0 Å². The smallest absolute Gasteiger partial charge is 0.435 e. The molecule has 0 aliphatic heterocycles. The fourth-order valence-electron chi connectivity index (χ4n) is 3.69. The largest absolute Gasteiger partial charge is 0.569 e. The fourth-order valence-corrected chi connectivity index (χ4v) is 4.58. The fraction of sp³-hybridized carbons (Fsp3) is 0.393. The van der Waals surface area contributed by atoms with Crippen LogP contribution in [0.15, 0.2) is 64.8 Å². The van der Waals surface area contributed by atoms with E-state index in [1.807, 2.05) is 6.92 Å². The number of nitrogens with one attached hydrogen (secondary N) is 1. The minimum absolute atomic E-state index is 0.138. The van der Waals surface area contributed by atoms with Gasteiger partial charge in [0.15, 0.2) is 5.69 Å². The highest BCUT2D eigenvalue weighted by atomic mass is 32.2. The molecule has 18 heteroatoms. The van der Waals surface area contributed by atoms with Crippen molar-refractivity contribution in [1.82, 2.24) is 19.5 Å². The molecule has 0 fully saturated rings. The van der Waals surface area contributed by atoms with Crippen molar-refractivity contribution in [2.24, 2.45) is 11.2 Å². The SMILES string of the molecule is Cc1ccc(-c2cc(C(F)(F)F)nn2-c2ccc(S(=O)(=O)NC(=O)OCCCCN(C)[N+]([O-])=NOCOC(=O)C(C)C)cc2)cc1. The number of benzene rings is 2. The first-order valence-corrected chi connectivity index (χ1v) is 15.3. The highest BCUT2D eigenvalue weighted by molar-refractivity contribution is 7.90. The van der Waals surface area contributed by atoms with E-state index in [1.54, 1.807) is 42.8 Å². The number of unbranched alkanes of at least 4 members (excludes halogenated alkanes) is 1. The van der Waals surface area contributed by atoms with Gasteiger partial charge in [-0.25, -0.2) is 22.6 Å². The van der Waals surface area contributed by atoms with E-state index < -0.39 is 40.7 Å². The Morgan fingerprint density at radius 2 is 1.74 bits per heavy atom. The third kappa shape index (κ3) is 10.1. The normalized spacial score (nSPS) is 12.1. The van der Waals surface area contributed by atoms with Gasteiger partial charge in [-0.2, -0.15) is 18.3 Å². The number of hydrazine groups is 1. The van der Waals surface area contributed by atoms with Crippen molar-refractivity contribution in [3.8, 4) is 16.9 Å². The number of halogens is 3. The molecule has 2 aromatic carbocycles. The number of hydrogen-bond acceptors (Lipinski definition) is 10. The monoisotopic (exact) mass is 670 g/mol. The molecule has 3 aromatic rings. The zero-order valence-corrected chi connectivity index (χ0v) is 26.2. The molecule has 1 aromatic heterocycles. The maximum atomic E-state index is 13.5. The lowest BCUT2D eigenvalue weighted by molar-refractivity contribution is -0.706. The average Bonchev–Trinajstić information content (AvgIpc) is 3.45. The number of nitrogens with zero attached hydrogens (tertiary/aromatic N) is 5. The molecule has 0 radical (unpaired) electrons. The maximum Gasteiger partial charge on any atom is 0.435 e. The summed E-state index contributed by atoms with van der Waals surface area (Å²) in [5.74, 6) is -0.876. The molecular weight excluding hydrogens is 637 g/mol. The van der Waals surface area contributed by atoms with Crippen LogP contribution in [0.25, 0.3) is 16.9 Å². The number of amides is 1. The van der Waals surface area contributed by atoms with Gasteiger partial charge in [0.1, 0.15) is 0 Å². The molecule has 14 nitrogen and oxygen atoms in total. The summed E-state index contributed by atoms with van der Waals surface area (Å²) < 4.78 is 78.2. The summed E-state index contributed by atoms with van der Waals surface area (Å²) >= 11 is 0. The molecule has 1 amide bonds. The van der Waals surface area contributed by atoms with Crippen molar-refractivity contribution < 1.29 is 50.5 Å². The number of esters is 1. The van der Waals surface area contributed by atoms with Crippen LogP contribution < -0.4 is 4.72 Å². The Bertz CT molecular complexity index is 1630. The number of carbonyl (C=O) groups excluding carboxylic acids is 2. The van der Waals surface area contributed by atoms with Gasteiger partial charge in [-0.15, -0.1) is 5.01 Å². The second-order valence-corrected chi connectivity index (χ2v) is 11.9. The molecule has 0 spiro atoms. The summed E-state index contributed by atoms with van der Waals surface area (Å²) in [5, 5.41) is 19.9. The number of alkyl halides is 3. The van der Waals surface area contributed by atoms with Gasteiger partial charge in [0.25, 0.3) is 16.8 Å². The summed E-state index contributed by atoms with van der Waals surface area (Å²) in [5.41, 5.74) is 0.560. The molecule has 46 heavy (non-hydrogen) atoms. The zero-order valence-electron chi connectivity index (χ0n) is 25.4. The van der Waals surface area contributed by atoms with Crippen molar-refractivity contribution in [3.05, 3.63) is 71.1 Å². The molecule has 0 unspecified atom stereocenters. The Morgan fingerprint density at radius 1 is 1.09 bits per heavy atom. The molecule has 0 atom stereocenters. The molecule has 250 valence electrons. The van der Waals surface area contributed by atoms with Crippen LogP contribution in [-0.2, 0) is 35.3 Å². The van der Waals surface area contributed by atoms with Gasteiger partial charge in [0.2, 0.25) is 5.28 Å². The first-order chi connectivity index (χ1) is 21.6. The van der Waals surface area contributed by atoms with E-state index in [1.165, 1.54) is 19.2 Å². The van der Waals surface area contributed by atoms with Crippen LogP contribution >= 0.6 is 0 Å². The molecule has 1 heterocycles. The third-order valence-electron chi connectivity index (χ3n) is 6.21. The Hall–Kier alpha value is -4.87. The number of rotatable bonds is 14. The average molecular weight is 671 g/mol. The lowest BCUT2D eigenvalue weighted by Gasteiger charge is -2.13. The predicted molar refractivity (Wildman–Crippen MR) is 155 cm³/mol. The van der Waals surface area contributed by atoms with Crippen LogP contribution in [0.1, 0.15) is 37.9 Å². The molecule has 0 saturated carbocycles. The summed E-state index contributed by atoms with van der Waals surface area (Å²) in [7, 11) is -2.97. The number of ether oxygens (including phenoxy) is 2. The van der Waals surface area contributed by atoms with E-state index >= 15 is 0 Å². The van der Waals surface area contributed by atoms with Gasteiger partial charge in [0.05, 0.1) is 47.4 Å². The third-order valence-corrected chi connectivity index (χ3v) is 7.54. The lowest BCUT2D eigenvalue weighted by Crippen LogP contribution is -2.31. The molecule has 0 bridgehead atoms. The van der Waals surface area contributed by atoms with E-state index in [4.69, 9.17) is 9.47 Å². The van der Waals surface area contributed by atoms with E-state index in [2.05, 4.69) is 15.2 Å². The Labute approximate surface area is 262 Å². The maximum absolute atomic E-state index is 13.5. The Balaban J connectivity index is 1.52. The van der Waals surface area contributed by atoms with Crippen LogP contribution in [0.4, 0.5) is 18.0 Å². The predicted octanol–water partition coefficient (Wildman–Crippen LogP) is 4.96. The van der Waals surface area contributed by atoms with Gasteiger partial charge < -0.3 is 19.5 Å². The molecule has 1 N–H and O–H groups in total. The van der Waals surface area contributed by atoms with Crippen LogP contribution in [0.3, 0.4) is 0 Å². The molecular formula is C28H33F3N6O8S. The minimum Gasteiger partial charge on any atom is -0.569 e. The van der Waals surface area contributed by atoms with Gasteiger partial charge in [-0.05, 0) is 50.1 Å². The van der Waals surface area contributed by atoms with E-state index in [0.717, 1.165) is 33.5 Å². The van der Waals surface area contributed by atoms with Crippen LogP contribution in [0.2, 0.25) is 0 Å². The highest BCUT2D eigenvalue weighted by Gasteiger charge is 2.35. The molecule has 0 aliphatic rings. The van der Waals surface area contributed by atoms with E-state index in [9.17, 15) is 36.4 Å². The number of carbonyl (C=O) groups is 2. The van der Waals surface area contributed by atoms with Crippen LogP contribution in [0, 0.1) is 18.0 Å². The summed E-state index contributed by atoms with van der Waals surface area (Å²) in [6.45, 7) is 4.57. The van der Waals surface area contributed by atoms with Crippen molar-refractivity contribution in [3.63, 3.8) is 0 Å². The molecule has 3 rings (SSSR count). The van der Waals surface area contributed by atoms with Crippen molar-refractivity contribution in [2.45, 2.75) is 44.7 Å². The van der Waals surface area contributed by atoms with Gasteiger partial charge in [-0.1, -0.05) is 43.7 Å². The molecule has 0 saturated heterocycles. The zero-order chi connectivity index (χ0) is 34.1. The van der Waals surface area contributed by atoms with Crippen LogP contribution in [-0.4, -0.2) is 67.2 Å². The van der Waals surface area contributed by atoms with E-state index in [0.29, 0.717) is 12.0 Å². The van der Waals surface area contributed by atoms with Crippen molar-refractivity contribution in [1.29, 1.82) is 0 Å².